The van der Waals surface area contributed by atoms with Crippen LogP contribution in [-0.2, 0) is 0 Å². The van der Waals surface area contributed by atoms with Gasteiger partial charge < -0.3 is 19.9 Å². The first-order valence-corrected chi connectivity index (χ1v) is 10.2. The Labute approximate surface area is 166 Å². The lowest BCUT2D eigenvalue weighted by atomic mass is 10.2. The minimum atomic E-state index is 0.0857. The van der Waals surface area contributed by atoms with Crippen molar-refractivity contribution in [1.29, 1.82) is 0 Å². The fourth-order valence-corrected chi connectivity index (χ4v) is 4.37. The molecule has 28 heavy (non-hydrogen) atoms. The molecular weight excluding hydrogens is 372 g/mol. The predicted octanol–water partition coefficient (Wildman–Crippen LogP) is 3.58. The molecule has 2 N–H and O–H groups in total. The Morgan fingerprint density at radius 1 is 1.18 bits per heavy atom. The van der Waals surface area contributed by atoms with Gasteiger partial charge in [-0.25, -0.2) is 9.97 Å². The van der Waals surface area contributed by atoms with E-state index in [0.717, 1.165) is 46.9 Å². The maximum absolute atomic E-state index is 9.66. The van der Waals surface area contributed by atoms with Crippen molar-refractivity contribution < 1.29 is 5.11 Å². The highest BCUT2D eigenvalue weighted by Gasteiger charge is 2.27. The Balaban J connectivity index is 1.49. The number of thiophene rings is 1. The van der Waals surface area contributed by atoms with Gasteiger partial charge in [0, 0.05) is 12.2 Å². The molecule has 4 aromatic rings. The molecule has 1 fully saturated rings. The number of nitrogens with one attached hydrogen (secondary N) is 1. The largest absolute Gasteiger partial charge is 0.394 e. The van der Waals surface area contributed by atoms with Crippen molar-refractivity contribution in [2.45, 2.75) is 18.9 Å². The standard InChI is InChI=1S/C20H20N6OS/c27-12-15-7-4-9-26(15)20-23-18(16-8-10-28-19(16)24-20)22-17-11-25(13-21-17)14-5-2-1-3-6-14/h1-3,5-6,8,10-11,13,15,27H,4,7,9,12H2,(H,22,23,24). The number of aromatic nitrogens is 4. The molecule has 1 saturated heterocycles. The fraction of sp³-hybridized carbons (Fsp3) is 0.250. The first kappa shape index (κ1) is 17.2. The first-order chi connectivity index (χ1) is 13.8. The molecule has 0 aliphatic carbocycles. The Morgan fingerprint density at radius 3 is 2.93 bits per heavy atom. The maximum Gasteiger partial charge on any atom is 0.229 e. The highest BCUT2D eigenvalue weighted by atomic mass is 32.1. The van der Waals surface area contributed by atoms with E-state index in [1.54, 1.807) is 17.7 Å². The lowest BCUT2D eigenvalue weighted by molar-refractivity contribution is 0.265. The molecule has 0 saturated carbocycles. The van der Waals surface area contributed by atoms with Crippen LogP contribution in [0.1, 0.15) is 12.8 Å². The van der Waals surface area contributed by atoms with E-state index in [4.69, 9.17) is 9.97 Å². The second-order valence-corrected chi connectivity index (χ2v) is 7.70. The third kappa shape index (κ3) is 3.10. The average Bonchev–Trinajstić information content (AvgIpc) is 3.48. The smallest absolute Gasteiger partial charge is 0.229 e. The van der Waals surface area contributed by atoms with Gasteiger partial charge in [0.25, 0.3) is 0 Å². The van der Waals surface area contributed by atoms with Crippen LogP contribution in [0.15, 0.2) is 54.3 Å². The van der Waals surface area contributed by atoms with Gasteiger partial charge in [-0.1, -0.05) is 18.2 Å². The summed E-state index contributed by atoms with van der Waals surface area (Å²) >= 11 is 1.59. The molecule has 1 aliphatic heterocycles. The molecular formula is C20H20N6OS. The van der Waals surface area contributed by atoms with Gasteiger partial charge in [0.05, 0.1) is 24.2 Å². The van der Waals surface area contributed by atoms with E-state index >= 15 is 0 Å². The molecule has 142 valence electrons. The van der Waals surface area contributed by atoms with Gasteiger partial charge in [0.2, 0.25) is 5.95 Å². The lowest BCUT2D eigenvalue weighted by Crippen LogP contribution is -2.33. The van der Waals surface area contributed by atoms with Crippen LogP contribution in [0.5, 0.6) is 0 Å². The lowest BCUT2D eigenvalue weighted by Gasteiger charge is -2.23. The number of hydrogen-bond acceptors (Lipinski definition) is 7. The molecule has 0 bridgehead atoms. The fourth-order valence-electron chi connectivity index (χ4n) is 3.61. The Bertz CT molecular complexity index is 1090. The monoisotopic (exact) mass is 392 g/mol. The second-order valence-electron chi connectivity index (χ2n) is 6.81. The molecule has 5 rings (SSSR count). The van der Waals surface area contributed by atoms with E-state index in [2.05, 4.69) is 15.2 Å². The number of para-hydroxylation sites is 1. The number of imidazole rings is 1. The number of fused-ring (bicyclic) bond motifs is 1. The van der Waals surface area contributed by atoms with Gasteiger partial charge in [-0.05, 0) is 36.4 Å². The van der Waals surface area contributed by atoms with E-state index in [1.807, 2.05) is 52.5 Å². The summed E-state index contributed by atoms with van der Waals surface area (Å²) in [4.78, 5) is 17.0. The van der Waals surface area contributed by atoms with Crippen LogP contribution < -0.4 is 10.2 Å². The number of anilines is 3. The molecule has 0 spiro atoms. The quantitative estimate of drug-likeness (QED) is 0.540. The maximum atomic E-state index is 9.66. The van der Waals surface area contributed by atoms with Crippen LogP contribution >= 0.6 is 11.3 Å². The van der Waals surface area contributed by atoms with Crippen molar-refractivity contribution in [3.63, 3.8) is 0 Å². The number of nitrogens with zero attached hydrogens (tertiary/aromatic N) is 5. The van der Waals surface area contributed by atoms with E-state index in [0.29, 0.717) is 5.95 Å². The SMILES string of the molecule is OCC1CCCN1c1nc(Nc2cn(-c3ccccc3)cn2)c2ccsc2n1. The molecule has 0 amide bonds. The molecule has 8 heteroatoms. The highest BCUT2D eigenvalue weighted by molar-refractivity contribution is 7.16. The van der Waals surface area contributed by atoms with Crippen molar-refractivity contribution in [2.24, 2.45) is 0 Å². The van der Waals surface area contributed by atoms with Crippen molar-refractivity contribution >= 4 is 39.1 Å². The van der Waals surface area contributed by atoms with Gasteiger partial charge in [-0.15, -0.1) is 11.3 Å². The van der Waals surface area contributed by atoms with E-state index in [1.165, 1.54) is 0 Å². The van der Waals surface area contributed by atoms with Crippen molar-refractivity contribution in [3.8, 4) is 5.69 Å². The number of rotatable bonds is 5. The number of hydrogen-bond donors (Lipinski definition) is 2. The van der Waals surface area contributed by atoms with Crippen LogP contribution in [0.2, 0.25) is 0 Å². The highest BCUT2D eigenvalue weighted by Crippen LogP contribution is 2.31. The van der Waals surface area contributed by atoms with Gasteiger partial charge in [-0.3, -0.25) is 0 Å². The molecule has 0 radical (unpaired) electrons. The normalized spacial score (nSPS) is 16.8. The zero-order valence-corrected chi connectivity index (χ0v) is 16.0. The molecule has 1 aliphatic rings. The summed E-state index contributed by atoms with van der Waals surface area (Å²) in [5.41, 5.74) is 1.05. The van der Waals surface area contributed by atoms with E-state index in [9.17, 15) is 5.11 Å². The van der Waals surface area contributed by atoms with Crippen molar-refractivity contribution in [1.82, 2.24) is 19.5 Å². The molecule has 3 aromatic heterocycles. The Kier molecular flexibility index (Phi) is 4.42. The van der Waals surface area contributed by atoms with Crippen LogP contribution in [0.25, 0.3) is 15.9 Å². The number of aliphatic hydroxyl groups excluding tert-OH is 1. The van der Waals surface area contributed by atoms with Gasteiger partial charge in [0.1, 0.15) is 22.8 Å². The molecule has 1 unspecified atom stereocenters. The third-order valence-corrected chi connectivity index (χ3v) is 5.85. The predicted molar refractivity (Wildman–Crippen MR) is 112 cm³/mol. The van der Waals surface area contributed by atoms with Crippen LogP contribution in [0, 0.1) is 0 Å². The minimum absolute atomic E-state index is 0.0857. The van der Waals surface area contributed by atoms with Crippen LogP contribution in [-0.4, -0.2) is 43.8 Å². The molecule has 1 atom stereocenters. The molecule has 7 nitrogen and oxygen atoms in total. The second kappa shape index (κ2) is 7.21. The molecule has 4 heterocycles. The van der Waals surface area contributed by atoms with Gasteiger partial charge in [0.15, 0.2) is 0 Å². The summed E-state index contributed by atoms with van der Waals surface area (Å²) in [6, 6.07) is 12.2. The van der Waals surface area contributed by atoms with Crippen molar-refractivity contribution in [2.75, 3.05) is 23.4 Å². The number of aliphatic hydroxyl groups is 1. The Hall–Kier alpha value is -2.97. The van der Waals surface area contributed by atoms with Crippen molar-refractivity contribution in [3.05, 3.63) is 54.3 Å². The first-order valence-electron chi connectivity index (χ1n) is 9.31. The van der Waals surface area contributed by atoms with Crippen LogP contribution in [0.4, 0.5) is 17.6 Å². The summed E-state index contributed by atoms with van der Waals surface area (Å²) in [7, 11) is 0. The van der Waals surface area contributed by atoms with Gasteiger partial charge >= 0.3 is 0 Å². The Morgan fingerprint density at radius 2 is 2.07 bits per heavy atom. The summed E-state index contributed by atoms with van der Waals surface area (Å²) in [5.74, 6) is 2.13. The summed E-state index contributed by atoms with van der Waals surface area (Å²) in [6.45, 7) is 0.986. The zero-order valence-electron chi connectivity index (χ0n) is 15.2. The number of benzene rings is 1. The summed E-state index contributed by atoms with van der Waals surface area (Å²) in [6.07, 6.45) is 5.74. The average molecular weight is 392 g/mol. The summed E-state index contributed by atoms with van der Waals surface area (Å²) < 4.78 is 1.97. The summed E-state index contributed by atoms with van der Waals surface area (Å²) in [5, 5.41) is 16.0. The van der Waals surface area contributed by atoms with E-state index in [-0.39, 0.29) is 12.6 Å². The van der Waals surface area contributed by atoms with Crippen LogP contribution in [0.3, 0.4) is 0 Å². The third-order valence-electron chi connectivity index (χ3n) is 5.04. The minimum Gasteiger partial charge on any atom is -0.394 e. The topological polar surface area (TPSA) is 79.1 Å². The van der Waals surface area contributed by atoms with E-state index < -0.39 is 0 Å². The molecule has 1 aromatic carbocycles. The zero-order chi connectivity index (χ0) is 18.9. The van der Waals surface area contributed by atoms with Gasteiger partial charge in [-0.2, -0.15) is 4.98 Å².